The summed E-state index contributed by atoms with van der Waals surface area (Å²) >= 11 is 0. The molecule has 5 heteroatoms. The molecule has 2 heterocycles. The summed E-state index contributed by atoms with van der Waals surface area (Å²) in [6.45, 7) is 3.47. The Morgan fingerprint density at radius 3 is 3.09 bits per heavy atom. The molecule has 0 N–H and O–H groups in total. The standard InChI is InChI=1S/C18H19FN2O2/c1-13-4-5-15(19)9-17(13)18(22)21-8-6-16(11-21)23-12-14-3-2-7-20-10-14/h2-5,7,9-10,16H,6,8,11-12H2,1H3. The lowest BCUT2D eigenvalue weighted by molar-refractivity contribution is 0.0436. The molecule has 1 aromatic heterocycles. The summed E-state index contributed by atoms with van der Waals surface area (Å²) in [5.74, 6) is -0.517. The average molecular weight is 314 g/mol. The van der Waals surface area contributed by atoms with E-state index in [1.165, 1.54) is 12.1 Å². The van der Waals surface area contributed by atoms with E-state index in [2.05, 4.69) is 4.98 Å². The van der Waals surface area contributed by atoms with Crippen molar-refractivity contribution in [1.29, 1.82) is 0 Å². The van der Waals surface area contributed by atoms with Gasteiger partial charge in [-0.2, -0.15) is 0 Å². The molecule has 3 rings (SSSR count). The molecule has 4 nitrogen and oxygen atoms in total. The van der Waals surface area contributed by atoms with Crippen molar-refractivity contribution in [2.24, 2.45) is 0 Å². The SMILES string of the molecule is Cc1ccc(F)cc1C(=O)N1CCC(OCc2cccnc2)C1. The molecule has 1 atom stereocenters. The van der Waals surface area contributed by atoms with E-state index in [-0.39, 0.29) is 17.8 Å². The number of hydrogen-bond acceptors (Lipinski definition) is 3. The number of nitrogens with zero attached hydrogens (tertiary/aromatic N) is 2. The van der Waals surface area contributed by atoms with E-state index in [9.17, 15) is 9.18 Å². The minimum atomic E-state index is -0.387. The molecule has 120 valence electrons. The first-order valence-corrected chi connectivity index (χ1v) is 7.69. The second kappa shape index (κ2) is 6.87. The summed E-state index contributed by atoms with van der Waals surface area (Å²) in [7, 11) is 0. The zero-order valence-electron chi connectivity index (χ0n) is 13.0. The maximum Gasteiger partial charge on any atom is 0.254 e. The van der Waals surface area contributed by atoms with Gasteiger partial charge < -0.3 is 9.64 Å². The van der Waals surface area contributed by atoms with Gasteiger partial charge in [-0.15, -0.1) is 0 Å². The van der Waals surface area contributed by atoms with Crippen LogP contribution in [-0.2, 0) is 11.3 Å². The Bertz CT molecular complexity index is 691. The van der Waals surface area contributed by atoms with E-state index >= 15 is 0 Å². The monoisotopic (exact) mass is 314 g/mol. The molecule has 0 bridgehead atoms. The van der Waals surface area contributed by atoms with Gasteiger partial charge in [0, 0.05) is 31.0 Å². The zero-order valence-corrected chi connectivity index (χ0v) is 13.0. The lowest BCUT2D eigenvalue weighted by Gasteiger charge is -2.18. The van der Waals surface area contributed by atoms with Gasteiger partial charge in [0.05, 0.1) is 12.7 Å². The quantitative estimate of drug-likeness (QED) is 0.871. The van der Waals surface area contributed by atoms with Crippen molar-refractivity contribution in [3.05, 3.63) is 65.2 Å². The van der Waals surface area contributed by atoms with Crippen LogP contribution in [-0.4, -0.2) is 35.0 Å². The third kappa shape index (κ3) is 3.74. The van der Waals surface area contributed by atoms with Crippen LogP contribution in [0.3, 0.4) is 0 Å². The predicted molar refractivity (Wildman–Crippen MR) is 84.5 cm³/mol. The molecular formula is C18H19FN2O2. The van der Waals surface area contributed by atoms with Gasteiger partial charge in [0.2, 0.25) is 0 Å². The molecule has 1 unspecified atom stereocenters. The third-order valence-electron chi connectivity index (χ3n) is 4.07. The summed E-state index contributed by atoms with van der Waals surface area (Å²) in [6.07, 6.45) is 4.29. The Labute approximate surface area is 134 Å². The maximum absolute atomic E-state index is 13.4. The number of carbonyl (C=O) groups excluding carboxylic acids is 1. The Morgan fingerprint density at radius 1 is 1.43 bits per heavy atom. The number of benzene rings is 1. The lowest BCUT2D eigenvalue weighted by atomic mass is 10.1. The fourth-order valence-electron chi connectivity index (χ4n) is 2.74. The Morgan fingerprint density at radius 2 is 2.30 bits per heavy atom. The summed E-state index contributed by atoms with van der Waals surface area (Å²) in [5.41, 5.74) is 2.23. The second-order valence-corrected chi connectivity index (χ2v) is 5.79. The van der Waals surface area contributed by atoms with Crippen molar-refractivity contribution in [3.8, 4) is 0 Å². The first kappa shape index (κ1) is 15.6. The molecular weight excluding hydrogens is 295 g/mol. The van der Waals surface area contributed by atoms with Crippen LogP contribution in [0.1, 0.15) is 27.9 Å². The van der Waals surface area contributed by atoms with Gasteiger partial charge in [-0.25, -0.2) is 4.39 Å². The number of amides is 1. The largest absolute Gasteiger partial charge is 0.372 e. The molecule has 1 fully saturated rings. The molecule has 0 spiro atoms. The second-order valence-electron chi connectivity index (χ2n) is 5.79. The number of ether oxygens (including phenoxy) is 1. The van der Waals surface area contributed by atoms with E-state index in [4.69, 9.17) is 4.74 Å². The number of aromatic nitrogens is 1. The maximum atomic E-state index is 13.4. The molecule has 1 aliphatic rings. The topological polar surface area (TPSA) is 42.4 Å². The summed E-state index contributed by atoms with van der Waals surface area (Å²) < 4.78 is 19.2. The fourth-order valence-corrected chi connectivity index (χ4v) is 2.74. The Hall–Kier alpha value is -2.27. The highest BCUT2D eigenvalue weighted by Crippen LogP contribution is 2.19. The number of aryl methyl sites for hydroxylation is 1. The number of pyridine rings is 1. The van der Waals surface area contributed by atoms with Crippen molar-refractivity contribution in [3.63, 3.8) is 0 Å². The minimum absolute atomic E-state index is 0.00743. The Balaban J connectivity index is 1.59. The summed E-state index contributed by atoms with van der Waals surface area (Å²) in [5, 5.41) is 0. The predicted octanol–water partition coefficient (Wildman–Crippen LogP) is 2.96. The highest BCUT2D eigenvalue weighted by atomic mass is 19.1. The summed E-state index contributed by atoms with van der Waals surface area (Å²) in [6, 6.07) is 8.14. The van der Waals surface area contributed by atoms with Crippen molar-refractivity contribution in [2.75, 3.05) is 13.1 Å². The van der Waals surface area contributed by atoms with Crippen LogP contribution in [0.25, 0.3) is 0 Å². The lowest BCUT2D eigenvalue weighted by Crippen LogP contribution is -2.30. The van der Waals surface area contributed by atoms with Crippen LogP contribution in [0.15, 0.2) is 42.7 Å². The highest BCUT2D eigenvalue weighted by molar-refractivity contribution is 5.95. The molecule has 0 saturated carbocycles. The van der Waals surface area contributed by atoms with Crippen LogP contribution in [0.2, 0.25) is 0 Å². The first-order valence-electron chi connectivity index (χ1n) is 7.69. The van der Waals surface area contributed by atoms with E-state index in [0.29, 0.717) is 25.3 Å². The average Bonchev–Trinajstić information content (AvgIpc) is 3.04. The molecule has 1 amide bonds. The van der Waals surface area contributed by atoms with Gasteiger partial charge in [0.1, 0.15) is 5.82 Å². The number of likely N-dealkylation sites (tertiary alicyclic amines) is 1. The zero-order chi connectivity index (χ0) is 16.2. The number of halogens is 1. The molecule has 1 aromatic carbocycles. The number of carbonyl (C=O) groups is 1. The van der Waals surface area contributed by atoms with Crippen molar-refractivity contribution in [1.82, 2.24) is 9.88 Å². The first-order chi connectivity index (χ1) is 11.1. The normalized spacial score (nSPS) is 17.5. The van der Waals surface area contributed by atoms with Gasteiger partial charge in [0.15, 0.2) is 0 Å². The van der Waals surface area contributed by atoms with Crippen molar-refractivity contribution < 1.29 is 13.9 Å². The van der Waals surface area contributed by atoms with E-state index < -0.39 is 0 Å². The van der Waals surface area contributed by atoms with Crippen LogP contribution in [0.5, 0.6) is 0 Å². The number of rotatable bonds is 4. The van der Waals surface area contributed by atoms with E-state index in [0.717, 1.165) is 17.5 Å². The molecule has 0 aliphatic carbocycles. The van der Waals surface area contributed by atoms with Gasteiger partial charge in [-0.05, 0) is 42.7 Å². The van der Waals surface area contributed by atoms with Gasteiger partial charge in [0.25, 0.3) is 5.91 Å². The van der Waals surface area contributed by atoms with Crippen LogP contribution in [0, 0.1) is 12.7 Å². The molecule has 23 heavy (non-hydrogen) atoms. The highest BCUT2D eigenvalue weighted by Gasteiger charge is 2.28. The van der Waals surface area contributed by atoms with E-state index in [1.807, 2.05) is 19.1 Å². The molecule has 0 radical (unpaired) electrons. The van der Waals surface area contributed by atoms with Crippen LogP contribution < -0.4 is 0 Å². The summed E-state index contributed by atoms with van der Waals surface area (Å²) in [4.78, 5) is 18.3. The molecule has 1 saturated heterocycles. The van der Waals surface area contributed by atoms with Crippen molar-refractivity contribution >= 4 is 5.91 Å². The van der Waals surface area contributed by atoms with Gasteiger partial charge in [-0.1, -0.05) is 12.1 Å². The van der Waals surface area contributed by atoms with Crippen LogP contribution in [0.4, 0.5) is 4.39 Å². The fraction of sp³-hybridized carbons (Fsp3) is 0.333. The molecule has 1 aliphatic heterocycles. The minimum Gasteiger partial charge on any atom is -0.372 e. The van der Waals surface area contributed by atoms with Crippen LogP contribution >= 0.6 is 0 Å². The smallest absolute Gasteiger partial charge is 0.254 e. The van der Waals surface area contributed by atoms with Gasteiger partial charge >= 0.3 is 0 Å². The Kier molecular flexibility index (Phi) is 4.67. The molecule has 2 aromatic rings. The number of hydrogen-bond donors (Lipinski definition) is 0. The van der Waals surface area contributed by atoms with E-state index in [1.54, 1.807) is 23.4 Å². The van der Waals surface area contributed by atoms with Crippen molar-refractivity contribution in [2.45, 2.75) is 26.1 Å². The third-order valence-corrected chi connectivity index (χ3v) is 4.07. The van der Waals surface area contributed by atoms with Gasteiger partial charge in [-0.3, -0.25) is 9.78 Å².